The number of ether oxygens (including phenoxy) is 4. The molecule has 2 fully saturated rings. The predicted molar refractivity (Wildman–Crippen MR) is 336 cm³/mol. The molecule has 0 radical (unpaired) electrons. The first kappa shape index (κ1) is 75.0. The number of amides is 1. The van der Waals surface area contributed by atoms with Gasteiger partial charge >= 0.3 is 0 Å². The average Bonchev–Trinajstić information content (AvgIpc) is 3.47. The first-order valence-electron chi connectivity index (χ1n) is 31.6. The van der Waals surface area contributed by atoms with E-state index in [9.17, 15) is 45.6 Å². The lowest BCUT2D eigenvalue weighted by Gasteiger charge is -2.46. The Kier molecular flexibility index (Phi) is 47.2. The van der Waals surface area contributed by atoms with Gasteiger partial charge in [-0.2, -0.15) is 0 Å². The molecule has 14 nitrogen and oxygen atoms in total. The molecule has 2 saturated heterocycles. The summed E-state index contributed by atoms with van der Waals surface area (Å²) in [6.07, 6.45) is 62.0. The monoisotopic (exact) mass is 1160 g/mol. The molecule has 12 unspecified atom stereocenters. The van der Waals surface area contributed by atoms with E-state index >= 15 is 0 Å². The van der Waals surface area contributed by atoms with Crippen molar-refractivity contribution in [3.63, 3.8) is 0 Å². The Labute approximate surface area is 500 Å². The Hall–Kier alpha value is -4.13. The maximum Gasteiger partial charge on any atom is 0.220 e. The lowest BCUT2D eigenvalue weighted by Crippen LogP contribution is -2.65. The van der Waals surface area contributed by atoms with Crippen LogP contribution >= 0.6 is 0 Å². The van der Waals surface area contributed by atoms with Gasteiger partial charge in [-0.3, -0.25) is 4.79 Å². The van der Waals surface area contributed by atoms with Crippen molar-refractivity contribution >= 4 is 5.91 Å². The Balaban J connectivity index is 1.62. The summed E-state index contributed by atoms with van der Waals surface area (Å²) < 4.78 is 22.7. The fourth-order valence-electron chi connectivity index (χ4n) is 9.22. The van der Waals surface area contributed by atoms with Crippen molar-refractivity contribution < 1.29 is 64.6 Å². The van der Waals surface area contributed by atoms with Gasteiger partial charge in [-0.05, 0) is 109 Å². The fourth-order valence-corrected chi connectivity index (χ4v) is 9.22. The molecule has 2 heterocycles. The lowest BCUT2D eigenvalue weighted by atomic mass is 9.97. The summed E-state index contributed by atoms with van der Waals surface area (Å²) in [6, 6.07) is -0.945. The number of nitrogens with one attached hydrogen (secondary N) is 1. The van der Waals surface area contributed by atoms with Crippen molar-refractivity contribution in [2.75, 3.05) is 19.8 Å². The van der Waals surface area contributed by atoms with Crippen LogP contribution in [0.1, 0.15) is 187 Å². The number of aliphatic hydroxyl groups excluding tert-OH is 8. The third-order valence-corrected chi connectivity index (χ3v) is 14.3. The van der Waals surface area contributed by atoms with Crippen molar-refractivity contribution in [3.8, 4) is 0 Å². The number of allylic oxidation sites excluding steroid dienone is 23. The van der Waals surface area contributed by atoms with E-state index in [1.165, 1.54) is 38.5 Å². The quantitative estimate of drug-likeness (QED) is 0.0204. The number of aliphatic hydroxyl groups is 8. The largest absolute Gasteiger partial charge is 0.394 e. The normalized spacial score (nSPS) is 24.8. The minimum atomic E-state index is -1.80. The van der Waals surface area contributed by atoms with E-state index < -0.39 is 86.8 Å². The van der Waals surface area contributed by atoms with Crippen LogP contribution in [0.2, 0.25) is 0 Å². The van der Waals surface area contributed by atoms with Gasteiger partial charge in [0.25, 0.3) is 0 Å². The van der Waals surface area contributed by atoms with Gasteiger partial charge in [0, 0.05) is 6.42 Å². The molecule has 2 aliphatic heterocycles. The molecule has 0 aromatic rings. The molecule has 83 heavy (non-hydrogen) atoms. The number of hydrogen-bond acceptors (Lipinski definition) is 13. The van der Waals surface area contributed by atoms with E-state index in [4.69, 9.17) is 18.9 Å². The molecule has 1 amide bonds. The molecule has 0 aromatic carbocycles. The summed E-state index contributed by atoms with van der Waals surface area (Å²) >= 11 is 0. The molecule has 12 atom stereocenters. The van der Waals surface area contributed by atoms with E-state index in [1.54, 1.807) is 6.08 Å². The van der Waals surface area contributed by atoms with Crippen molar-refractivity contribution in [2.45, 2.75) is 261 Å². The van der Waals surface area contributed by atoms with Gasteiger partial charge in [0.2, 0.25) is 5.91 Å². The molecule has 0 aromatic heterocycles. The molecule has 0 aliphatic carbocycles. The number of unbranched alkanes of at least 4 members (excludes halogenated alkanes) is 13. The fraction of sp³-hybridized carbons (Fsp3) is 0.638. The second-order valence-electron chi connectivity index (χ2n) is 21.4. The van der Waals surface area contributed by atoms with Crippen LogP contribution < -0.4 is 5.32 Å². The number of carbonyl (C=O) groups excluding carboxylic acids is 1. The number of carbonyl (C=O) groups is 1. The zero-order chi connectivity index (χ0) is 60.2. The van der Waals surface area contributed by atoms with Crippen molar-refractivity contribution in [1.82, 2.24) is 5.32 Å². The van der Waals surface area contributed by atoms with Crippen molar-refractivity contribution in [2.24, 2.45) is 0 Å². The van der Waals surface area contributed by atoms with Crippen molar-refractivity contribution in [3.05, 3.63) is 146 Å². The van der Waals surface area contributed by atoms with Crippen LogP contribution in [0.5, 0.6) is 0 Å². The van der Waals surface area contributed by atoms with Gasteiger partial charge in [-0.25, -0.2) is 0 Å². The Morgan fingerprint density at radius 3 is 1.33 bits per heavy atom. The molecule has 0 spiro atoms. The molecule has 9 N–H and O–H groups in total. The average molecular weight is 1160 g/mol. The van der Waals surface area contributed by atoms with E-state index in [-0.39, 0.29) is 18.9 Å². The maximum atomic E-state index is 13.2. The molecule has 2 aliphatic rings. The van der Waals surface area contributed by atoms with Gasteiger partial charge in [0.05, 0.1) is 32.0 Å². The van der Waals surface area contributed by atoms with Gasteiger partial charge in [-0.15, -0.1) is 0 Å². The number of hydrogen-bond donors (Lipinski definition) is 9. The van der Waals surface area contributed by atoms with E-state index in [0.717, 1.165) is 116 Å². The SMILES string of the molecule is CC/C=C\C/C=C\C/C=C\C/C=C\C/C=C\C/C=C\C/C=C\C/C=C\C/C=C\C/C=C\CCCCCCCCCCC(=O)NC(COC1OC(CO)C(OC2OC(CO)C(O)C(O)C2O)C(O)C1O)C(O)/C=C/CC/C=C/CCCCCC. The molecule has 0 saturated carbocycles. The van der Waals surface area contributed by atoms with Crippen molar-refractivity contribution in [1.29, 1.82) is 0 Å². The van der Waals surface area contributed by atoms with Crippen LogP contribution in [-0.2, 0) is 23.7 Å². The van der Waals surface area contributed by atoms with Crippen LogP contribution in [0.25, 0.3) is 0 Å². The molecule has 14 heteroatoms. The Morgan fingerprint density at radius 1 is 0.446 bits per heavy atom. The van der Waals surface area contributed by atoms with Gasteiger partial charge in [-0.1, -0.05) is 217 Å². The summed E-state index contributed by atoms with van der Waals surface area (Å²) in [5.74, 6) is -0.267. The van der Waals surface area contributed by atoms with Gasteiger partial charge in [0.15, 0.2) is 12.6 Å². The summed E-state index contributed by atoms with van der Waals surface area (Å²) in [6.45, 7) is 2.58. The smallest absolute Gasteiger partial charge is 0.220 e. The van der Waals surface area contributed by atoms with E-state index in [0.29, 0.717) is 12.8 Å². The maximum absolute atomic E-state index is 13.2. The standard InChI is InChI=1S/C69H111NO13/c1-3-5-7-9-11-13-15-16-17-18-19-20-21-22-23-24-25-26-27-28-29-30-31-32-33-34-35-36-37-38-39-40-41-42-43-45-47-49-51-53-61(74)70-57(58(73)52-50-48-46-44-14-12-10-8-6-4-2)56-80-68-66(79)64(77)67(60(55-72)82-68)83-69-65(78)63(76)62(75)59(54-71)81-69/h5,7,11,13-14,16-17,19-20,22-23,25-26,28-29,31-32,34-35,37-38,44,50,52,57-60,62-69,71-73,75-79H,3-4,6,8-10,12,15,18,21,24,27,30,33,36,39-43,45-49,51,53-56H2,1-2H3,(H,70,74)/b7-5-,13-11-,17-16-,20-19-,23-22-,26-25-,29-28-,32-31-,35-34-,38-37-,44-14+,52-50+. The highest BCUT2D eigenvalue weighted by atomic mass is 16.7. The minimum absolute atomic E-state index is 0.253. The van der Waals surface area contributed by atoms with E-state index in [2.05, 4.69) is 153 Å². The predicted octanol–water partition coefficient (Wildman–Crippen LogP) is 11.7. The second-order valence-corrected chi connectivity index (χ2v) is 21.4. The minimum Gasteiger partial charge on any atom is -0.394 e. The Bertz CT molecular complexity index is 1950. The summed E-state index contributed by atoms with van der Waals surface area (Å²) in [4.78, 5) is 13.2. The second kappa shape index (κ2) is 52.2. The summed E-state index contributed by atoms with van der Waals surface area (Å²) in [5, 5.41) is 86.9. The lowest BCUT2D eigenvalue weighted by molar-refractivity contribution is -0.359. The summed E-state index contributed by atoms with van der Waals surface area (Å²) in [7, 11) is 0. The molecule has 2 rings (SSSR count). The first-order valence-corrected chi connectivity index (χ1v) is 31.6. The van der Waals surface area contributed by atoms with Crippen LogP contribution in [0, 0.1) is 0 Å². The first-order chi connectivity index (χ1) is 40.6. The van der Waals surface area contributed by atoms with Gasteiger partial charge < -0.3 is 65.1 Å². The van der Waals surface area contributed by atoms with E-state index in [1.807, 2.05) is 6.08 Å². The van der Waals surface area contributed by atoms with Crippen LogP contribution in [0.4, 0.5) is 0 Å². The summed E-state index contributed by atoms with van der Waals surface area (Å²) in [5.41, 5.74) is 0. The van der Waals surface area contributed by atoms with Crippen LogP contribution in [-0.4, -0.2) is 140 Å². The Morgan fingerprint density at radius 2 is 0.843 bits per heavy atom. The molecular weight excluding hydrogens is 1050 g/mol. The zero-order valence-electron chi connectivity index (χ0n) is 50.6. The van der Waals surface area contributed by atoms with Gasteiger partial charge in [0.1, 0.15) is 48.8 Å². The number of rotatable bonds is 48. The van der Waals surface area contributed by atoms with Crippen LogP contribution in [0.3, 0.4) is 0 Å². The highest BCUT2D eigenvalue weighted by Crippen LogP contribution is 2.30. The molecular formula is C69H111NO13. The van der Waals surface area contributed by atoms with Crippen LogP contribution in [0.15, 0.2) is 146 Å². The highest BCUT2D eigenvalue weighted by Gasteiger charge is 2.51. The topological polar surface area (TPSA) is 228 Å². The third kappa shape index (κ3) is 37.1. The molecule has 0 bridgehead atoms. The zero-order valence-corrected chi connectivity index (χ0v) is 50.6. The third-order valence-electron chi connectivity index (χ3n) is 14.3. The molecule has 470 valence electrons. The highest BCUT2D eigenvalue weighted by molar-refractivity contribution is 5.76.